The minimum absolute atomic E-state index is 0.103. The number of hydrogen-bond donors (Lipinski definition) is 1. The second kappa shape index (κ2) is 5.32. The molecule has 1 amide bonds. The first-order valence-electron chi connectivity index (χ1n) is 6.21. The average molecular weight is 232 g/mol. The number of carbonyl (C=O) groups excluding carboxylic acids is 1. The standard InChI is InChI=1S/C14H20N2O/c1-15-8-5-9-16(2)14(17)13-10-11-6-3-4-7-12(11)13/h3-4,6-7,13,15H,5,8-10H2,1-2H3. The molecule has 1 atom stereocenters. The van der Waals surface area contributed by atoms with Crippen molar-refractivity contribution in [1.29, 1.82) is 0 Å². The van der Waals surface area contributed by atoms with Gasteiger partial charge in [-0.3, -0.25) is 4.79 Å². The second-order valence-electron chi connectivity index (χ2n) is 4.67. The van der Waals surface area contributed by atoms with Crippen LogP contribution in [0.5, 0.6) is 0 Å². The van der Waals surface area contributed by atoms with E-state index in [1.54, 1.807) is 0 Å². The molecule has 0 saturated carbocycles. The maximum atomic E-state index is 12.2. The molecule has 0 radical (unpaired) electrons. The Morgan fingerprint density at radius 3 is 2.94 bits per heavy atom. The summed E-state index contributed by atoms with van der Waals surface area (Å²) in [5, 5.41) is 3.10. The van der Waals surface area contributed by atoms with Gasteiger partial charge in [-0.2, -0.15) is 0 Å². The Morgan fingerprint density at radius 1 is 1.47 bits per heavy atom. The molecule has 1 aliphatic carbocycles. The Bertz CT molecular complexity index is 403. The summed E-state index contributed by atoms with van der Waals surface area (Å²) in [5.41, 5.74) is 2.55. The van der Waals surface area contributed by atoms with Gasteiger partial charge < -0.3 is 10.2 Å². The zero-order valence-corrected chi connectivity index (χ0v) is 10.6. The molecule has 0 heterocycles. The number of hydrogen-bond acceptors (Lipinski definition) is 2. The highest BCUT2D eigenvalue weighted by molar-refractivity contribution is 5.86. The number of fused-ring (bicyclic) bond motifs is 1. The molecule has 1 aliphatic rings. The van der Waals surface area contributed by atoms with Crippen molar-refractivity contribution >= 4 is 5.91 Å². The fourth-order valence-electron chi connectivity index (χ4n) is 2.35. The molecule has 2 rings (SSSR count). The summed E-state index contributed by atoms with van der Waals surface area (Å²) in [7, 11) is 3.84. The number of likely N-dealkylation sites (N-methyl/N-ethyl adjacent to an activating group) is 1. The maximum absolute atomic E-state index is 12.2. The van der Waals surface area contributed by atoms with Gasteiger partial charge in [0, 0.05) is 13.6 Å². The largest absolute Gasteiger partial charge is 0.345 e. The number of nitrogens with one attached hydrogen (secondary N) is 1. The first kappa shape index (κ1) is 12.1. The van der Waals surface area contributed by atoms with E-state index in [4.69, 9.17) is 0 Å². The Balaban J connectivity index is 1.90. The molecule has 3 heteroatoms. The Morgan fingerprint density at radius 2 is 2.24 bits per heavy atom. The lowest BCUT2D eigenvalue weighted by Crippen LogP contribution is -2.38. The smallest absolute Gasteiger partial charge is 0.230 e. The molecule has 0 bridgehead atoms. The van der Waals surface area contributed by atoms with E-state index in [1.807, 2.05) is 31.1 Å². The zero-order chi connectivity index (χ0) is 12.3. The molecule has 0 aliphatic heterocycles. The fourth-order valence-corrected chi connectivity index (χ4v) is 2.35. The van der Waals surface area contributed by atoms with E-state index in [2.05, 4.69) is 17.4 Å². The summed E-state index contributed by atoms with van der Waals surface area (Å²) < 4.78 is 0. The molecule has 92 valence electrons. The van der Waals surface area contributed by atoms with Crippen molar-refractivity contribution in [3.8, 4) is 0 Å². The van der Waals surface area contributed by atoms with Crippen LogP contribution in [0.15, 0.2) is 24.3 Å². The normalized spacial score (nSPS) is 17.2. The molecule has 0 aromatic heterocycles. The van der Waals surface area contributed by atoms with Crippen molar-refractivity contribution in [3.63, 3.8) is 0 Å². The highest BCUT2D eigenvalue weighted by Gasteiger charge is 2.33. The number of carbonyl (C=O) groups is 1. The van der Waals surface area contributed by atoms with Crippen molar-refractivity contribution in [2.24, 2.45) is 0 Å². The summed E-state index contributed by atoms with van der Waals surface area (Å²) in [5.74, 6) is 0.366. The molecule has 0 spiro atoms. The van der Waals surface area contributed by atoms with Gasteiger partial charge in [0.15, 0.2) is 0 Å². The number of rotatable bonds is 5. The van der Waals surface area contributed by atoms with Crippen molar-refractivity contribution in [2.45, 2.75) is 18.8 Å². The minimum atomic E-state index is 0.103. The molecule has 0 saturated heterocycles. The van der Waals surface area contributed by atoms with E-state index in [0.717, 1.165) is 25.9 Å². The lowest BCUT2D eigenvalue weighted by Gasteiger charge is -2.32. The molecular formula is C14H20N2O. The van der Waals surface area contributed by atoms with E-state index < -0.39 is 0 Å². The van der Waals surface area contributed by atoms with Crippen LogP contribution < -0.4 is 5.32 Å². The highest BCUT2D eigenvalue weighted by Crippen LogP contribution is 2.35. The zero-order valence-electron chi connectivity index (χ0n) is 10.6. The highest BCUT2D eigenvalue weighted by atomic mass is 16.2. The lowest BCUT2D eigenvalue weighted by molar-refractivity contribution is -0.132. The summed E-state index contributed by atoms with van der Waals surface area (Å²) in [6.07, 6.45) is 1.92. The van der Waals surface area contributed by atoms with Crippen molar-refractivity contribution < 1.29 is 4.79 Å². The van der Waals surface area contributed by atoms with Crippen LogP contribution in [0.2, 0.25) is 0 Å². The predicted molar refractivity (Wildman–Crippen MR) is 69.1 cm³/mol. The first-order chi connectivity index (χ1) is 8.24. The Labute approximate surface area is 103 Å². The third kappa shape index (κ3) is 2.50. The van der Waals surface area contributed by atoms with E-state index in [-0.39, 0.29) is 11.8 Å². The van der Waals surface area contributed by atoms with Crippen LogP contribution in [0.1, 0.15) is 23.5 Å². The molecule has 17 heavy (non-hydrogen) atoms. The van der Waals surface area contributed by atoms with E-state index >= 15 is 0 Å². The van der Waals surface area contributed by atoms with Gasteiger partial charge >= 0.3 is 0 Å². The van der Waals surface area contributed by atoms with Gasteiger partial charge in [-0.05, 0) is 37.6 Å². The van der Waals surface area contributed by atoms with Gasteiger partial charge in [0.2, 0.25) is 5.91 Å². The fraction of sp³-hybridized carbons (Fsp3) is 0.500. The summed E-state index contributed by atoms with van der Waals surface area (Å²) in [6.45, 7) is 1.79. The molecule has 3 nitrogen and oxygen atoms in total. The van der Waals surface area contributed by atoms with Gasteiger partial charge in [0.25, 0.3) is 0 Å². The number of benzene rings is 1. The van der Waals surface area contributed by atoms with E-state index in [9.17, 15) is 4.79 Å². The lowest BCUT2D eigenvalue weighted by atomic mass is 9.77. The third-order valence-electron chi connectivity index (χ3n) is 3.45. The second-order valence-corrected chi connectivity index (χ2v) is 4.67. The first-order valence-corrected chi connectivity index (χ1v) is 6.21. The quantitative estimate of drug-likeness (QED) is 0.778. The van der Waals surface area contributed by atoms with Crippen LogP contribution in [0, 0.1) is 0 Å². The summed E-state index contributed by atoms with van der Waals surface area (Å²) in [6, 6.07) is 8.23. The van der Waals surface area contributed by atoms with Crippen molar-refractivity contribution in [2.75, 3.05) is 27.2 Å². The maximum Gasteiger partial charge on any atom is 0.230 e. The molecular weight excluding hydrogens is 212 g/mol. The van der Waals surface area contributed by atoms with Gasteiger partial charge in [-0.25, -0.2) is 0 Å². The molecule has 1 N–H and O–H groups in total. The van der Waals surface area contributed by atoms with Gasteiger partial charge in [0.05, 0.1) is 5.92 Å². The SMILES string of the molecule is CNCCCN(C)C(=O)C1Cc2ccccc21. The molecule has 1 aromatic carbocycles. The molecule has 1 aromatic rings. The van der Waals surface area contributed by atoms with E-state index in [1.165, 1.54) is 11.1 Å². The summed E-state index contributed by atoms with van der Waals surface area (Å²) in [4.78, 5) is 14.0. The van der Waals surface area contributed by atoms with Gasteiger partial charge in [-0.15, -0.1) is 0 Å². The van der Waals surface area contributed by atoms with Gasteiger partial charge in [-0.1, -0.05) is 24.3 Å². The summed E-state index contributed by atoms with van der Waals surface area (Å²) >= 11 is 0. The number of amides is 1. The van der Waals surface area contributed by atoms with Crippen LogP contribution in [0.4, 0.5) is 0 Å². The van der Waals surface area contributed by atoms with Gasteiger partial charge in [0.1, 0.15) is 0 Å². The van der Waals surface area contributed by atoms with E-state index in [0.29, 0.717) is 0 Å². The van der Waals surface area contributed by atoms with Crippen LogP contribution in [-0.2, 0) is 11.2 Å². The predicted octanol–water partition coefficient (Wildman–Crippen LogP) is 1.39. The average Bonchev–Trinajstić information content (AvgIpc) is 2.30. The third-order valence-corrected chi connectivity index (χ3v) is 3.45. The topological polar surface area (TPSA) is 32.3 Å². The van der Waals surface area contributed by atoms with Crippen LogP contribution >= 0.6 is 0 Å². The van der Waals surface area contributed by atoms with Crippen LogP contribution in [0.25, 0.3) is 0 Å². The van der Waals surface area contributed by atoms with Crippen molar-refractivity contribution in [3.05, 3.63) is 35.4 Å². The molecule has 1 unspecified atom stereocenters. The number of nitrogens with zero attached hydrogens (tertiary/aromatic N) is 1. The van der Waals surface area contributed by atoms with Crippen molar-refractivity contribution in [1.82, 2.24) is 10.2 Å². The van der Waals surface area contributed by atoms with Crippen LogP contribution in [-0.4, -0.2) is 38.0 Å². The Kier molecular flexibility index (Phi) is 3.79. The minimum Gasteiger partial charge on any atom is -0.345 e. The Hall–Kier alpha value is -1.35. The monoisotopic (exact) mass is 232 g/mol. The van der Waals surface area contributed by atoms with Crippen LogP contribution in [0.3, 0.4) is 0 Å². The molecule has 0 fully saturated rings.